The molecule has 3 aromatic rings. The van der Waals surface area contributed by atoms with E-state index in [-0.39, 0.29) is 28.6 Å². The molecule has 1 aliphatic heterocycles. The molecule has 2 N–H and O–H groups in total. The lowest BCUT2D eigenvalue weighted by molar-refractivity contribution is -0.121. The standard InChI is InChI=1S/C23H22FN5O4S/c24-18-4-2-17(3-5-18)22(31)29-14-10-16(11-15-29)21(30)27-19-6-8-20(9-7-19)34(32,33)28-23-25-12-1-13-26-23/h1-9,12-13,16H,10-11,14-15H2,(H,27,30)(H,25,26,28). The predicted molar refractivity (Wildman–Crippen MR) is 123 cm³/mol. The van der Waals surface area contributed by atoms with Gasteiger partial charge in [0.2, 0.25) is 11.9 Å². The number of likely N-dealkylation sites (tertiary alicyclic amines) is 1. The topological polar surface area (TPSA) is 121 Å². The minimum Gasteiger partial charge on any atom is -0.339 e. The van der Waals surface area contributed by atoms with E-state index in [0.29, 0.717) is 37.2 Å². The predicted octanol–water partition coefficient (Wildman–Crippen LogP) is 2.91. The molecule has 0 saturated carbocycles. The summed E-state index contributed by atoms with van der Waals surface area (Å²) in [6.45, 7) is 0.831. The van der Waals surface area contributed by atoms with E-state index in [2.05, 4.69) is 20.0 Å². The van der Waals surface area contributed by atoms with E-state index in [9.17, 15) is 22.4 Å². The average Bonchev–Trinajstić information content (AvgIpc) is 2.85. The summed E-state index contributed by atoms with van der Waals surface area (Å²) in [7, 11) is -3.86. The van der Waals surface area contributed by atoms with Gasteiger partial charge < -0.3 is 10.2 Å². The van der Waals surface area contributed by atoms with Crippen molar-refractivity contribution in [1.29, 1.82) is 0 Å². The average molecular weight is 484 g/mol. The maximum Gasteiger partial charge on any atom is 0.264 e. The van der Waals surface area contributed by atoms with Gasteiger partial charge >= 0.3 is 0 Å². The molecule has 0 aliphatic carbocycles. The van der Waals surface area contributed by atoms with Crippen LogP contribution in [-0.4, -0.2) is 48.2 Å². The highest BCUT2D eigenvalue weighted by Crippen LogP contribution is 2.22. The number of amides is 2. The van der Waals surface area contributed by atoms with Gasteiger partial charge in [-0.3, -0.25) is 9.59 Å². The van der Waals surface area contributed by atoms with E-state index in [1.807, 2.05) is 0 Å². The van der Waals surface area contributed by atoms with Gasteiger partial charge in [0.1, 0.15) is 5.82 Å². The number of nitrogens with one attached hydrogen (secondary N) is 2. The lowest BCUT2D eigenvalue weighted by Gasteiger charge is -2.31. The van der Waals surface area contributed by atoms with Crippen molar-refractivity contribution in [3.8, 4) is 0 Å². The van der Waals surface area contributed by atoms with Gasteiger partial charge in [0, 0.05) is 42.7 Å². The molecule has 1 aromatic heterocycles. The van der Waals surface area contributed by atoms with Crippen molar-refractivity contribution in [3.05, 3.63) is 78.4 Å². The lowest BCUT2D eigenvalue weighted by Crippen LogP contribution is -2.41. The van der Waals surface area contributed by atoms with Crippen LogP contribution in [0.4, 0.5) is 16.0 Å². The van der Waals surface area contributed by atoms with Crippen LogP contribution < -0.4 is 10.0 Å². The Morgan fingerprint density at radius 3 is 2.18 bits per heavy atom. The zero-order valence-corrected chi connectivity index (χ0v) is 18.8. The zero-order chi connectivity index (χ0) is 24.1. The molecule has 0 radical (unpaired) electrons. The first-order valence-electron chi connectivity index (χ1n) is 10.6. The number of aromatic nitrogens is 2. The number of anilines is 2. The molecule has 0 atom stereocenters. The van der Waals surface area contributed by atoms with E-state index in [4.69, 9.17) is 0 Å². The van der Waals surface area contributed by atoms with Gasteiger partial charge in [0.15, 0.2) is 0 Å². The highest BCUT2D eigenvalue weighted by molar-refractivity contribution is 7.92. The van der Waals surface area contributed by atoms with Crippen molar-refractivity contribution in [3.63, 3.8) is 0 Å². The van der Waals surface area contributed by atoms with Crippen LogP contribution in [0.2, 0.25) is 0 Å². The number of carbonyl (C=O) groups excluding carboxylic acids is 2. The monoisotopic (exact) mass is 483 g/mol. The molecular weight excluding hydrogens is 461 g/mol. The number of halogens is 1. The highest BCUT2D eigenvalue weighted by Gasteiger charge is 2.28. The maximum absolute atomic E-state index is 13.1. The second-order valence-corrected chi connectivity index (χ2v) is 9.45. The van der Waals surface area contributed by atoms with Gasteiger partial charge in [-0.25, -0.2) is 27.5 Å². The van der Waals surface area contributed by atoms with Crippen molar-refractivity contribution in [1.82, 2.24) is 14.9 Å². The third-order valence-corrected chi connectivity index (χ3v) is 6.81. The zero-order valence-electron chi connectivity index (χ0n) is 18.0. The Morgan fingerprint density at radius 2 is 1.56 bits per heavy atom. The van der Waals surface area contributed by atoms with Gasteiger partial charge in [0.25, 0.3) is 15.9 Å². The summed E-state index contributed by atoms with van der Waals surface area (Å²) in [4.78, 5) is 34.6. The van der Waals surface area contributed by atoms with E-state index < -0.39 is 15.8 Å². The number of rotatable bonds is 6. The van der Waals surface area contributed by atoms with Crippen LogP contribution >= 0.6 is 0 Å². The minimum atomic E-state index is -3.86. The molecule has 176 valence electrons. The van der Waals surface area contributed by atoms with Crippen LogP contribution in [0, 0.1) is 11.7 Å². The normalized spacial score (nSPS) is 14.4. The molecule has 1 saturated heterocycles. The Bertz CT molecular complexity index is 1260. The van der Waals surface area contributed by atoms with Crippen LogP contribution in [0.15, 0.2) is 71.9 Å². The second kappa shape index (κ2) is 9.96. The quantitative estimate of drug-likeness (QED) is 0.556. The molecule has 0 unspecified atom stereocenters. The summed E-state index contributed by atoms with van der Waals surface area (Å²) >= 11 is 0. The smallest absolute Gasteiger partial charge is 0.264 e. The molecule has 1 aliphatic rings. The summed E-state index contributed by atoms with van der Waals surface area (Å²) in [6, 6.07) is 12.7. The first-order chi connectivity index (χ1) is 16.3. The number of sulfonamides is 1. The first kappa shape index (κ1) is 23.3. The summed E-state index contributed by atoms with van der Waals surface area (Å²) in [5.41, 5.74) is 0.873. The first-order valence-corrected chi connectivity index (χ1v) is 12.1. The highest BCUT2D eigenvalue weighted by atomic mass is 32.2. The van der Waals surface area contributed by atoms with Gasteiger partial charge in [-0.05, 0) is 67.4 Å². The van der Waals surface area contributed by atoms with Crippen LogP contribution in [0.5, 0.6) is 0 Å². The fraction of sp³-hybridized carbons (Fsp3) is 0.217. The number of hydrogen-bond acceptors (Lipinski definition) is 6. The molecule has 2 heterocycles. The van der Waals surface area contributed by atoms with Crippen molar-refractivity contribution in [2.45, 2.75) is 17.7 Å². The third-order valence-electron chi connectivity index (χ3n) is 5.47. The van der Waals surface area contributed by atoms with E-state index >= 15 is 0 Å². The van der Waals surface area contributed by atoms with Crippen LogP contribution in [0.3, 0.4) is 0 Å². The van der Waals surface area contributed by atoms with Gasteiger partial charge in [-0.1, -0.05) is 0 Å². The third kappa shape index (κ3) is 5.54. The molecule has 9 nitrogen and oxygen atoms in total. The molecule has 4 rings (SSSR count). The minimum absolute atomic E-state index is 0.00515. The van der Waals surface area contributed by atoms with Crippen molar-refractivity contribution < 1.29 is 22.4 Å². The van der Waals surface area contributed by atoms with E-state index in [1.165, 1.54) is 60.9 Å². The molecule has 0 bridgehead atoms. The summed E-state index contributed by atoms with van der Waals surface area (Å²) in [5.74, 6) is -1.11. The van der Waals surface area contributed by atoms with E-state index in [1.54, 1.807) is 11.0 Å². The Hall–Kier alpha value is -3.86. The van der Waals surface area contributed by atoms with Crippen molar-refractivity contribution >= 4 is 33.5 Å². The molecular formula is C23H22FN5O4S. The molecule has 2 aromatic carbocycles. The number of carbonyl (C=O) groups is 2. The summed E-state index contributed by atoms with van der Waals surface area (Å²) in [6.07, 6.45) is 3.83. The summed E-state index contributed by atoms with van der Waals surface area (Å²) < 4.78 is 40.3. The fourth-order valence-corrected chi connectivity index (χ4v) is 4.57. The Kier molecular flexibility index (Phi) is 6.82. The largest absolute Gasteiger partial charge is 0.339 e. The van der Waals surface area contributed by atoms with Crippen molar-refractivity contribution in [2.75, 3.05) is 23.1 Å². The summed E-state index contributed by atoms with van der Waals surface area (Å²) in [5, 5.41) is 2.80. The number of hydrogen-bond donors (Lipinski definition) is 2. The Labute approximate surface area is 196 Å². The molecule has 0 spiro atoms. The van der Waals surface area contributed by atoms with Gasteiger partial charge in [0.05, 0.1) is 4.90 Å². The van der Waals surface area contributed by atoms with Gasteiger partial charge in [-0.15, -0.1) is 0 Å². The Balaban J connectivity index is 1.31. The number of benzene rings is 2. The van der Waals surface area contributed by atoms with Crippen LogP contribution in [-0.2, 0) is 14.8 Å². The van der Waals surface area contributed by atoms with Crippen molar-refractivity contribution in [2.24, 2.45) is 5.92 Å². The Morgan fingerprint density at radius 1 is 0.941 bits per heavy atom. The molecule has 34 heavy (non-hydrogen) atoms. The molecule has 1 fully saturated rings. The SMILES string of the molecule is O=C(Nc1ccc(S(=O)(=O)Nc2ncccn2)cc1)C1CCN(C(=O)c2ccc(F)cc2)CC1. The second-order valence-electron chi connectivity index (χ2n) is 7.76. The van der Waals surface area contributed by atoms with Gasteiger partial charge in [-0.2, -0.15) is 0 Å². The molecule has 11 heteroatoms. The van der Waals surface area contributed by atoms with Crippen LogP contribution in [0.25, 0.3) is 0 Å². The molecule has 2 amide bonds. The number of nitrogens with zero attached hydrogens (tertiary/aromatic N) is 3. The fourth-order valence-electron chi connectivity index (χ4n) is 3.61. The number of piperidine rings is 1. The lowest BCUT2D eigenvalue weighted by atomic mass is 9.95. The maximum atomic E-state index is 13.1. The van der Waals surface area contributed by atoms with Crippen LogP contribution in [0.1, 0.15) is 23.2 Å². The van der Waals surface area contributed by atoms with E-state index in [0.717, 1.165) is 0 Å².